The maximum Gasteiger partial charge on any atom is 0.417 e. The summed E-state index contributed by atoms with van der Waals surface area (Å²) in [5, 5.41) is 2.47. The number of rotatable bonds is 6. The Kier molecular flexibility index (Phi) is 7.59. The number of aryl methyl sites for hydroxylation is 1. The van der Waals surface area contributed by atoms with Crippen LogP contribution in [0.5, 0.6) is 0 Å². The van der Waals surface area contributed by atoms with Gasteiger partial charge in [-0.2, -0.15) is 13.2 Å². The number of halogens is 4. The fourth-order valence-corrected chi connectivity index (χ4v) is 4.89. The molecule has 1 atom stereocenters. The Morgan fingerprint density at radius 1 is 1.10 bits per heavy atom. The molecule has 0 radical (unpaired) electrons. The largest absolute Gasteiger partial charge is 0.417 e. The molecular formula is C28H22ClF3N6O3. The second-order valence-corrected chi connectivity index (χ2v) is 9.87. The first-order chi connectivity index (χ1) is 19.5. The smallest absolute Gasteiger partial charge is 0.329 e. The number of imidazole rings is 1. The topological polar surface area (TPSA) is 110 Å². The van der Waals surface area contributed by atoms with Crippen molar-refractivity contribution in [3.63, 3.8) is 0 Å². The predicted molar refractivity (Wildman–Crippen MR) is 142 cm³/mol. The first kappa shape index (κ1) is 28.0. The van der Waals surface area contributed by atoms with Crippen LogP contribution in [0.15, 0.2) is 67.3 Å². The molecule has 5 rings (SSSR count). The lowest BCUT2D eigenvalue weighted by Crippen LogP contribution is -2.45. The number of pyridine rings is 2. The Hall–Kier alpha value is -4.58. The van der Waals surface area contributed by atoms with Gasteiger partial charge >= 0.3 is 6.18 Å². The van der Waals surface area contributed by atoms with E-state index in [-0.39, 0.29) is 47.5 Å². The van der Waals surface area contributed by atoms with Gasteiger partial charge < -0.3 is 14.8 Å². The van der Waals surface area contributed by atoms with Crippen molar-refractivity contribution < 1.29 is 27.6 Å². The number of aromatic nitrogens is 4. The zero-order valence-electron chi connectivity index (χ0n) is 21.5. The van der Waals surface area contributed by atoms with Gasteiger partial charge in [0.05, 0.1) is 40.6 Å². The van der Waals surface area contributed by atoms with Crippen molar-refractivity contribution in [2.24, 2.45) is 7.05 Å². The Bertz CT molecular complexity index is 1620. The Morgan fingerprint density at radius 3 is 2.56 bits per heavy atom. The molecule has 210 valence electrons. The zero-order chi connectivity index (χ0) is 29.3. The number of amides is 2. The van der Waals surface area contributed by atoms with Gasteiger partial charge in [-0.1, -0.05) is 23.7 Å². The highest BCUT2D eigenvalue weighted by atomic mass is 35.5. The molecule has 0 aliphatic carbocycles. The number of nitrogens with one attached hydrogen (secondary N) is 1. The number of benzene rings is 1. The summed E-state index contributed by atoms with van der Waals surface area (Å²) in [6.45, 7) is 0.00870. The van der Waals surface area contributed by atoms with Crippen LogP contribution < -0.4 is 5.32 Å². The van der Waals surface area contributed by atoms with Crippen molar-refractivity contribution in [1.29, 1.82) is 0 Å². The van der Waals surface area contributed by atoms with Gasteiger partial charge in [0.25, 0.3) is 11.8 Å². The van der Waals surface area contributed by atoms with Gasteiger partial charge in [0.15, 0.2) is 5.78 Å². The molecule has 1 aliphatic rings. The van der Waals surface area contributed by atoms with Crippen molar-refractivity contribution in [3.05, 3.63) is 106 Å². The van der Waals surface area contributed by atoms with Crippen LogP contribution in [0.25, 0.3) is 0 Å². The summed E-state index contributed by atoms with van der Waals surface area (Å²) in [4.78, 5) is 53.6. The monoisotopic (exact) mass is 582 g/mol. The van der Waals surface area contributed by atoms with Crippen LogP contribution in [0.2, 0.25) is 5.02 Å². The molecule has 41 heavy (non-hydrogen) atoms. The van der Waals surface area contributed by atoms with E-state index in [1.165, 1.54) is 23.4 Å². The number of alkyl halides is 3. The van der Waals surface area contributed by atoms with Crippen LogP contribution >= 0.6 is 11.6 Å². The quantitative estimate of drug-likeness (QED) is 0.358. The van der Waals surface area contributed by atoms with E-state index in [0.29, 0.717) is 28.8 Å². The molecule has 1 aromatic carbocycles. The van der Waals surface area contributed by atoms with E-state index >= 15 is 0 Å². The van der Waals surface area contributed by atoms with E-state index in [2.05, 4.69) is 20.3 Å². The number of anilines is 1. The van der Waals surface area contributed by atoms with Crippen molar-refractivity contribution in [1.82, 2.24) is 24.4 Å². The first-order valence-electron chi connectivity index (χ1n) is 12.4. The molecule has 1 aliphatic heterocycles. The minimum absolute atomic E-state index is 0.00619. The first-order valence-corrected chi connectivity index (χ1v) is 12.8. The van der Waals surface area contributed by atoms with Gasteiger partial charge in [-0.05, 0) is 42.0 Å². The molecule has 13 heteroatoms. The fraction of sp³-hybridized carbons (Fsp3) is 0.214. The summed E-state index contributed by atoms with van der Waals surface area (Å²) in [7, 11) is 1.68. The van der Waals surface area contributed by atoms with Gasteiger partial charge in [0.1, 0.15) is 11.5 Å². The zero-order valence-corrected chi connectivity index (χ0v) is 22.3. The molecular weight excluding hydrogens is 561 g/mol. The molecule has 4 heterocycles. The van der Waals surface area contributed by atoms with Crippen LogP contribution in [0.1, 0.15) is 43.4 Å². The minimum atomic E-state index is -4.55. The van der Waals surface area contributed by atoms with E-state index < -0.39 is 23.7 Å². The Balaban J connectivity index is 1.39. The molecule has 9 nitrogen and oxygen atoms in total. The van der Waals surface area contributed by atoms with Gasteiger partial charge in [-0.15, -0.1) is 0 Å². The lowest BCUT2D eigenvalue weighted by atomic mass is 10.0. The maximum atomic E-state index is 13.7. The number of nitrogens with zero attached hydrogens (tertiary/aromatic N) is 5. The molecule has 0 saturated carbocycles. The summed E-state index contributed by atoms with van der Waals surface area (Å²) in [5.74, 6) is -1.32. The van der Waals surface area contributed by atoms with Crippen LogP contribution in [-0.2, 0) is 37.4 Å². The number of Topliss-reactive ketones (excluding diaryl/α,β-unsaturated/α-hetero) is 1. The number of hydrogen-bond acceptors (Lipinski definition) is 6. The third-order valence-electron chi connectivity index (χ3n) is 6.66. The average molecular weight is 583 g/mol. The van der Waals surface area contributed by atoms with Crippen molar-refractivity contribution in [3.8, 4) is 0 Å². The van der Waals surface area contributed by atoms with Crippen LogP contribution in [0, 0.1) is 0 Å². The predicted octanol–water partition coefficient (Wildman–Crippen LogP) is 4.51. The normalized spacial score (nSPS) is 15.4. The summed E-state index contributed by atoms with van der Waals surface area (Å²) in [5.41, 5.74) is 1.01. The second-order valence-electron chi connectivity index (χ2n) is 9.47. The van der Waals surface area contributed by atoms with Crippen molar-refractivity contribution in [2.75, 3.05) is 5.32 Å². The van der Waals surface area contributed by atoms with Crippen molar-refractivity contribution in [2.45, 2.75) is 31.6 Å². The van der Waals surface area contributed by atoms with E-state index in [1.54, 1.807) is 42.1 Å². The van der Waals surface area contributed by atoms with Gasteiger partial charge in [0, 0.05) is 38.1 Å². The van der Waals surface area contributed by atoms with Crippen LogP contribution in [0.4, 0.5) is 19.0 Å². The summed E-state index contributed by atoms with van der Waals surface area (Å²) in [6.07, 6.45) is -0.634. The number of fused-ring (bicyclic) bond motifs is 1. The molecule has 2 amide bonds. The number of ketones is 1. The van der Waals surface area contributed by atoms with Crippen LogP contribution in [-0.4, -0.2) is 48.1 Å². The molecule has 0 saturated heterocycles. The van der Waals surface area contributed by atoms with Crippen molar-refractivity contribution >= 4 is 35.0 Å². The molecule has 0 spiro atoms. The summed E-state index contributed by atoms with van der Waals surface area (Å²) < 4.78 is 39.9. The standard InChI is InChI=1S/C28H22ClF3N6O3/c1-37-15-35-21-12-23(39)22(11-18-4-2-3-9-33-18)38(27(41)25(21)37)14-16-5-7-19(20(29)10-16)26(40)36-24-8-6-17(13-34-24)28(30,31)32/h2-10,13,15,22H,11-12,14H2,1H3,(H,34,36,40). The SMILES string of the molecule is Cn1cnc2c1C(=O)N(Cc1ccc(C(=O)Nc3ccc(C(F)(F)F)cn3)c(Cl)c1)C(Cc1ccccn1)C(=O)C2. The highest BCUT2D eigenvalue weighted by Gasteiger charge is 2.38. The molecule has 1 unspecified atom stereocenters. The molecule has 1 N–H and O–H groups in total. The summed E-state index contributed by atoms with van der Waals surface area (Å²) >= 11 is 6.42. The average Bonchev–Trinajstić information content (AvgIpc) is 3.25. The van der Waals surface area contributed by atoms with E-state index in [9.17, 15) is 27.6 Å². The fourth-order valence-electron chi connectivity index (χ4n) is 4.60. The third-order valence-corrected chi connectivity index (χ3v) is 6.97. The minimum Gasteiger partial charge on any atom is -0.329 e. The molecule has 0 bridgehead atoms. The van der Waals surface area contributed by atoms with Gasteiger partial charge in [-0.3, -0.25) is 19.4 Å². The van der Waals surface area contributed by atoms with E-state index in [1.807, 2.05) is 0 Å². The Labute approximate surface area is 237 Å². The lowest BCUT2D eigenvalue weighted by Gasteiger charge is -2.29. The van der Waals surface area contributed by atoms with E-state index in [0.717, 1.165) is 12.1 Å². The molecule has 3 aromatic heterocycles. The third kappa shape index (κ3) is 5.97. The highest BCUT2D eigenvalue weighted by Crippen LogP contribution is 2.29. The second kappa shape index (κ2) is 11.1. The van der Waals surface area contributed by atoms with E-state index in [4.69, 9.17) is 11.6 Å². The lowest BCUT2D eigenvalue weighted by molar-refractivity contribution is -0.137. The maximum absolute atomic E-state index is 13.7. The number of carbonyl (C=O) groups excluding carboxylic acids is 3. The highest BCUT2D eigenvalue weighted by molar-refractivity contribution is 6.34. The molecule has 4 aromatic rings. The van der Waals surface area contributed by atoms with Gasteiger partial charge in [-0.25, -0.2) is 9.97 Å². The number of carbonyl (C=O) groups is 3. The Morgan fingerprint density at radius 2 is 1.90 bits per heavy atom. The van der Waals surface area contributed by atoms with Crippen LogP contribution in [0.3, 0.4) is 0 Å². The summed E-state index contributed by atoms with van der Waals surface area (Å²) in [6, 6.07) is 10.9. The number of hydrogen-bond donors (Lipinski definition) is 1. The molecule has 0 fully saturated rings. The van der Waals surface area contributed by atoms with Gasteiger partial charge in [0.2, 0.25) is 0 Å².